The number of hydrogen-bond donors (Lipinski definition) is 0. The van der Waals surface area contributed by atoms with Gasteiger partial charge < -0.3 is 9.64 Å². The van der Waals surface area contributed by atoms with Crippen LogP contribution in [0.5, 0.6) is 5.75 Å². The quantitative estimate of drug-likeness (QED) is 0.754. The van der Waals surface area contributed by atoms with Crippen LogP contribution in [-0.4, -0.2) is 36.1 Å². The fourth-order valence-electron chi connectivity index (χ4n) is 5.98. The molecule has 3 aliphatic rings. The van der Waals surface area contributed by atoms with E-state index >= 15 is 0 Å². The van der Waals surface area contributed by atoms with Gasteiger partial charge in [0.2, 0.25) is 0 Å². The van der Waals surface area contributed by atoms with Crippen LogP contribution in [0.15, 0.2) is 42.7 Å². The molecule has 2 heterocycles. The number of likely N-dealkylation sites (tertiary alicyclic amines) is 1. The number of rotatable bonds is 4. The van der Waals surface area contributed by atoms with E-state index in [4.69, 9.17) is 4.74 Å². The van der Waals surface area contributed by atoms with Crippen LogP contribution in [0.3, 0.4) is 0 Å². The largest absolute Gasteiger partial charge is 0.496 e. The normalized spacial score (nSPS) is 28.6. The monoisotopic (exact) mass is 362 g/mol. The Balaban J connectivity index is 1.32. The molecule has 2 aromatic rings. The zero-order chi connectivity index (χ0) is 18.2. The maximum atomic E-state index is 5.73. The molecular formula is C24H30N2O. The first kappa shape index (κ1) is 17.2. The van der Waals surface area contributed by atoms with Gasteiger partial charge in [-0.3, -0.25) is 4.98 Å². The molecule has 1 aromatic heterocycles. The molecule has 142 valence electrons. The smallest absolute Gasteiger partial charge is 0.122 e. The van der Waals surface area contributed by atoms with Gasteiger partial charge in [0.05, 0.1) is 7.11 Å². The van der Waals surface area contributed by atoms with Gasteiger partial charge in [-0.25, -0.2) is 0 Å². The molecule has 3 nitrogen and oxygen atoms in total. The van der Waals surface area contributed by atoms with Crippen LogP contribution >= 0.6 is 0 Å². The Morgan fingerprint density at radius 1 is 0.926 bits per heavy atom. The highest BCUT2D eigenvalue weighted by Crippen LogP contribution is 2.48. The minimum atomic E-state index is 0.608. The third-order valence-corrected chi connectivity index (χ3v) is 7.38. The summed E-state index contributed by atoms with van der Waals surface area (Å²) in [5.74, 6) is 3.69. The number of pyridine rings is 1. The summed E-state index contributed by atoms with van der Waals surface area (Å²) in [6, 6.07) is 11.7. The van der Waals surface area contributed by atoms with Crippen molar-refractivity contribution in [1.82, 2.24) is 9.88 Å². The molecule has 2 bridgehead atoms. The summed E-state index contributed by atoms with van der Waals surface area (Å²) in [7, 11) is 1.80. The van der Waals surface area contributed by atoms with Crippen LogP contribution in [0, 0.1) is 11.8 Å². The Morgan fingerprint density at radius 3 is 2.41 bits per heavy atom. The average molecular weight is 363 g/mol. The zero-order valence-corrected chi connectivity index (χ0v) is 16.3. The highest BCUT2D eigenvalue weighted by atomic mass is 16.5. The van der Waals surface area contributed by atoms with Crippen molar-refractivity contribution >= 4 is 0 Å². The Kier molecular flexibility index (Phi) is 4.65. The molecule has 5 rings (SSSR count). The summed E-state index contributed by atoms with van der Waals surface area (Å²) < 4.78 is 5.73. The number of ether oxygens (including phenoxy) is 1. The standard InChI is InChI=1S/C24H30N2O/c1-27-24-5-4-20(18-6-10-25-11-7-18)16-22(24)19-8-12-26(13-9-19)23-15-17-2-3-21(23)14-17/h4-7,10-11,16-17,19,21,23H,2-3,8-9,12-15H2,1H3. The van der Waals surface area contributed by atoms with Crippen LogP contribution in [0.25, 0.3) is 11.1 Å². The number of piperidine rings is 1. The van der Waals surface area contributed by atoms with Gasteiger partial charge in [-0.1, -0.05) is 12.5 Å². The van der Waals surface area contributed by atoms with E-state index < -0.39 is 0 Å². The minimum Gasteiger partial charge on any atom is -0.496 e. The molecule has 0 amide bonds. The highest BCUT2D eigenvalue weighted by Gasteiger charge is 2.43. The van der Waals surface area contributed by atoms with Crippen molar-refractivity contribution in [1.29, 1.82) is 0 Å². The van der Waals surface area contributed by atoms with Crippen LogP contribution in [0.1, 0.15) is 50.0 Å². The van der Waals surface area contributed by atoms with E-state index in [0.717, 1.165) is 23.6 Å². The lowest BCUT2D eigenvalue weighted by molar-refractivity contribution is 0.110. The first-order valence-electron chi connectivity index (χ1n) is 10.6. The molecule has 2 aliphatic carbocycles. The van der Waals surface area contributed by atoms with E-state index in [2.05, 4.69) is 40.2 Å². The second kappa shape index (κ2) is 7.27. The summed E-state index contributed by atoms with van der Waals surface area (Å²) in [6.07, 6.45) is 12.2. The fraction of sp³-hybridized carbons (Fsp3) is 0.542. The van der Waals surface area contributed by atoms with Crippen LogP contribution < -0.4 is 4.74 Å². The van der Waals surface area contributed by atoms with Crippen LogP contribution in [0.4, 0.5) is 0 Å². The molecule has 1 saturated heterocycles. The number of methoxy groups -OCH3 is 1. The molecular weight excluding hydrogens is 332 g/mol. The van der Waals surface area contributed by atoms with Gasteiger partial charge in [0.1, 0.15) is 5.75 Å². The Bertz CT molecular complexity index is 782. The van der Waals surface area contributed by atoms with Gasteiger partial charge in [-0.05, 0) is 104 Å². The molecule has 3 heteroatoms. The molecule has 2 saturated carbocycles. The second-order valence-corrected chi connectivity index (χ2v) is 8.75. The third-order valence-electron chi connectivity index (χ3n) is 7.38. The summed E-state index contributed by atoms with van der Waals surface area (Å²) in [6.45, 7) is 2.50. The molecule has 1 aromatic carbocycles. The summed E-state index contributed by atoms with van der Waals surface area (Å²) >= 11 is 0. The lowest BCUT2D eigenvalue weighted by Gasteiger charge is -2.40. The Labute approximate surface area is 162 Å². The van der Waals surface area contributed by atoms with Crippen LogP contribution in [0.2, 0.25) is 0 Å². The van der Waals surface area contributed by atoms with Gasteiger partial charge in [0, 0.05) is 18.4 Å². The lowest BCUT2D eigenvalue weighted by Crippen LogP contribution is -2.43. The van der Waals surface area contributed by atoms with Crippen molar-refractivity contribution < 1.29 is 4.74 Å². The van der Waals surface area contributed by atoms with Gasteiger partial charge in [-0.15, -0.1) is 0 Å². The van der Waals surface area contributed by atoms with Gasteiger partial charge in [0.25, 0.3) is 0 Å². The molecule has 3 fully saturated rings. The summed E-state index contributed by atoms with van der Waals surface area (Å²) in [5, 5.41) is 0. The maximum Gasteiger partial charge on any atom is 0.122 e. The zero-order valence-electron chi connectivity index (χ0n) is 16.3. The van der Waals surface area contributed by atoms with E-state index in [1.54, 1.807) is 7.11 Å². The predicted octanol–water partition coefficient (Wildman–Crippen LogP) is 5.13. The first-order chi connectivity index (χ1) is 13.3. The van der Waals surface area contributed by atoms with Crippen molar-refractivity contribution in [2.45, 2.75) is 50.5 Å². The SMILES string of the molecule is COc1ccc(-c2ccncc2)cc1C1CCN(C2CC3CCC2C3)CC1. The predicted molar refractivity (Wildman–Crippen MR) is 109 cm³/mol. The highest BCUT2D eigenvalue weighted by molar-refractivity contribution is 5.65. The molecule has 0 spiro atoms. The number of aromatic nitrogens is 1. The fourth-order valence-corrected chi connectivity index (χ4v) is 5.98. The van der Waals surface area contributed by atoms with Crippen molar-refractivity contribution in [2.24, 2.45) is 11.8 Å². The molecule has 1 aliphatic heterocycles. The molecule has 0 N–H and O–H groups in total. The average Bonchev–Trinajstić information content (AvgIpc) is 3.38. The van der Waals surface area contributed by atoms with E-state index in [9.17, 15) is 0 Å². The first-order valence-corrected chi connectivity index (χ1v) is 10.6. The molecule has 0 radical (unpaired) electrons. The van der Waals surface area contributed by atoms with E-state index in [-0.39, 0.29) is 0 Å². The topological polar surface area (TPSA) is 25.4 Å². The van der Waals surface area contributed by atoms with E-state index in [1.165, 1.54) is 68.3 Å². The number of fused-ring (bicyclic) bond motifs is 2. The molecule has 3 atom stereocenters. The second-order valence-electron chi connectivity index (χ2n) is 8.75. The molecule has 27 heavy (non-hydrogen) atoms. The lowest BCUT2D eigenvalue weighted by atomic mass is 9.85. The maximum absolute atomic E-state index is 5.73. The summed E-state index contributed by atoms with van der Waals surface area (Å²) in [4.78, 5) is 6.97. The van der Waals surface area contributed by atoms with Gasteiger partial charge in [0.15, 0.2) is 0 Å². The number of nitrogens with zero attached hydrogens (tertiary/aromatic N) is 2. The summed E-state index contributed by atoms with van der Waals surface area (Å²) in [5.41, 5.74) is 3.89. The van der Waals surface area contributed by atoms with Crippen molar-refractivity contribution in [3.8, 4) is 16.9 Å². The Hall–Kier alpha value is -1.87. The minimum absolute atomic E-state index is 0.608. The Morgan fingerprint density at radius 2 is 1.74 bits per heavy atom. The van der Waals surface area contributed by atoms with Crippen molar-refractivity contribution in [3.05, 3.63) is 48.3 Å². The van der Waals surface area contributed by atoms with Gasteiger partial charge in [-0.2, -0.15) is 0 Å². The van der Waals surface area contributed by atoms with Crippen LogP contribution in [-0.2, 0) is 0 Å². The van der Waals surface area contributed by atoms with Crippen molar-refractivity contribution in [3.63, 3.8) is 0 Å². The van der Waals surface area contributed by atoms with Crippen molar-refractivity contribution in [2.75, 3.05) is 20.2 Å². The van der Waals surface area contributed by atoms with Gasteiger partial charge >= 0.3 is 0 Å². The third kappa shape index (κ3) is 3.27. The number of benzene rings is 1. The molecule has 3 unspecified atom stereocenters. The number of hydrogen-bond acceptors (Lipinski definition) is 3. The van der Waals surface area contributed by atoms with E-state index in [1.807, 2.05) is 12.4 Å². The van der Waals surface area contributed by atoms with E-state index in [0.29, 0.717) is 5.92 Å².